The van der Waals surface area contributed by atoms with E-state index in [0.717, 1.165) is 0 Å². The van der Waals surface area contributed by atoms with Gasteiger partial charge in [0.05, 0.1) is 19.8 Å². The topological polar surface area (TPSA) is 85.2 Å². The van der Waals surface area contributed by atoms with Gasteiger partial charge in [0.2, 0.25) is 6.08 Å². The van der Waals surface area contributed by atoms with Crippen molar-refractivity contribution in [2.24, 2.45) is 4.99 Å². The van der Waals surface area contributed by atoms with E-state index in [2.05, 4.69) is 9.73 Å². The molecule has 0 aromatic heterocycles. The van der Waals surface area contributed by atoms with Crippen molar-refractivity contribution in [1.29, 1.82) is 0 Å². The molecule has 0 aliphatic heterocycles. The first-order chi connectivity index (χ1) is 7.63. The number of benzene rings is 1. The Morgan fingerprint density at radius 2 is 2.12 bits per heavy atom. The number of phenols is 1. The average Bonchev–Trinajstić information content (AvgIpc) is 2.31. The first-order valence-electron chi connectivity index (χ1n) is 4.21. The van der Waals surface area contributed by atoms with Crippen molar-refractivity contribution in [2.75, 3.05) is 14.2 Å². The van der Waals surface area contributed by atoms with E-state index in [9.17, 15) is 14.7 Å². The van der Waals surface area contributed by atoms with Crippen LogP contribution >= 0.6 is 0 Å². The van der Waals surface area contributed by atoms with Crippen molar-refractivity contribution in [3.8, 4) is 11.5 Å². The maximum absolute atomic E-state index is 11.2. The maximum atomic E-state index is 11.2. The van der Waals surface area contributed by atoms with E-state index in [0.29, 0.717) is 0 Å². The van der Waals surface area contributed by atoms with Crippen LogP contribution in [0.4, 0.5) is 5.69 Å². The van der Waals surface area contributed by atoms with Gasteiger partial charge < -0.3 is 14.6 Å². The monoisotopic (exact) mass is 223 g/mol. The molecule has 0 saturated carbocycles. The van der Waals surface area contributed by atoms with Crippen LogP contribution in [0.25, 0.3) is 0 Å². The van der Waals surface area contributed by atoms with Crippen LogP contribution in [0.1, 0.15) is 10.4 Å². The fourth-order valence-corrected chi connectivity index (χ4v) is 1.12. The van der Waals surface area contributed by atoms with Gasteiger partial charge in [-0.1, -0.05) is 0 Å². The molecule has 6 heteroatoms. The van der Waals surface area contributed by atoms with Crippen LogP contribution in [0, 0.1) is 0 Å². The Hall–Kier alpha value is -2.33. The molecule has 1 aromatic rings. The zero-order chi connectivity index (χ0) is 12.1. The molecule has 0 saturated heterocycles. The summed E-state index contributed by atoms with van der Waals surface area (Å²) in [6, 6.07) is 2.49. The van der Waals surface area contributed by atoms with Gasteiger partial charge in [-0.15, -0.1) is 0 Å². The zero-order valence-electron chi connectivity index (χ0n) is 8.68. The largest absolute Gasteiger partial charge is 0.503 e. The third-order valence-corrected chi connectivity index (χ3v) is 1.86. The number of methoxy groups -OCH3 is 2. The van der Waals surface area contributed by atoms with Crippen LogP contribution in [0.5, 0.6) is 11.5 Å². The lowest BCUT2D eigenvalue weighted by Crippen LogP contribution is -2.01. The number of esters is 1. The quantitative estimate of drug-likeness (QED) is 0.472. The third kappa shape index (κ3) is 2.18. The fourth-order valence-electron chi connectivity index (χ4n) is 1.12. The van der Waals surface area contributed by atoms with Gasteiger partial charge in [-0.05, 0) is 12.1 Å². The number of phenolic OH excluding ortho intramolecular Hbond substituents is 1. The number of rotatable bonds is 3. The number of ether oxygens (including phenoxy) is 2. The number of isocyanates is 1. The lowest BCUT2D eigenvalue weighted by Gasteiger charge is -2.07. The minimum Gasteiger partial charge on any atom is -0.503 e. The first kappa shape index (κ1) is 11.7. The van der Waals surface area contributed by atoms with Crippen LogP contribution in [0.3, 0.4) is 0 Å². The molecule has 16 heavy (non-hydrogen) atoms. The Morgan fingerprint density at radius 1 is 1.44 bits per heavy atom. The van der Waals surface area contributed by atoms with Gasteiger partial charge in [0, 0.05) is 0 Å². The predicted molar refractivity (Wildman–Crippen MR) is 53.8 cm³/mol. The molecular weight excluding hydrogens is 214 g/mol. The van der Waals surface area contributed by atoms with E-state index in [4.69, 9.17) is 4.74 Å². The van der Waals surface area contributed by atoms with Gasteiger partial charge in [-0.2, -0.15) is 4.99 Å². The number of aromatic hydroxyl groups is 1. The second kappa shape index (κ2) is 4.95. The standard InChI is InChI=1S/C10H9NO5/c1-15-8-4-6(10(14)16-2)3-7(9(8)13)11-5-12/h3-4,13H,1-2H3. The number of hydrogen-bond acceptors (Lipinski definition) is 6. The minimum absolute atomic E-state index is 0.0249. The van der Waals surface area contributed by atoms with Crippen LogP contribution in [0.15, 0.2) is 17.1 Å². The maximum Gasteiger partial charge on any atom is 0.338 e. The van der Waals surface area contributed by atoms with Crippen molar-refractivity contribution in [1.82, 2.24) is 0 Å². The van der Waals surface area contributed by atoms with Crippen LogP contribution in [0.2, 0.25) is 0 Å². The molecule has 0 aliphatic carbocycles. The second-order valence-electron chi connectivity index (χ2n) is 2.74. The van der Waals surface area contributed by atoms with Crippen LogP contribution in [-0.4, -0.2) is 31.4 Å². The minimum atomic E-state index is -0.624. The molecule has 1 N–H and O–H groups in total. The SMILES string of the molecule is COC(=O)c1cc(N=C=O)c(O)c(OC)c1. The summed E-state index contributed by atoms with van der Waals surface area (Å²) in [5, 5.41) is 9.55. The summed E-state index contributed by atoms with van der Waals surface area (Å²) in [6.07, 6.45) is 1.27. The smallest absolute Gasteiger partial charge is 0.338 e. The Balaban J connectivity index is 3.39. The van der Waals surface area contributed by atoms with E-state index in [-0.39, 0.29) is 22.7 Å². The summed E-state index contributed by atoms with van der Waals surface area (Å²) in [4.78, 5) is 24.6. The Labute approximate surface area is 91.1 Å². The molecule has 0 aliphatic rings. The van der Waals surface area contributed by atoms with Crippen molar-refractivity contribution in [3.63, 3.8) is 0 Å². The summed E-state index contributed by atoms with van der Waals surface area (Å²) < 4.78 is 9.31. The first-order valence-corrected chi connectivity index (χ1v) is 4.21. The number of nitrogens with zero attached hydrogens (tertiary/aromatic N) is 1. The molecule has 6 nitrogen and oxygen atoms in total. The van der Waals surface area contributed by atoms with E-state index >= 15 is 0 Å². The van der Waals surface area contributed by atoms with E-state index in [1.165, 1.54) is 32.4 Å². The van der Waals surface area contributed by atoms with Gasteiger partial charge in [0.15, 0.2) is 11.5 Å². The number of aliphatic imine (C=N–C) groups is 1. The molecule has 1 rings (SSSR count). The highest BCUT2D eigenvalue weighted by atomic mass is 16.5. The molecule has 0 bridgehead atoms. The van der Waals surface area contributed by atoms with E-state index in [1.807, 2.05) is 0 Å². The molecule has 84 valence electrons. The molecular formula is C10H9NO5. The summed E-state index contributed by atoms with van der Waals surface area (Å²) in [7, 11) is 2.52. The summed E-state index contributed by atoms with van der Waals surface area (Å²) in [5.74, 6) is -0.934. The molecule has 0 atom stereocenters. The molecule has 0 fully saturated rings. The molecule has 0 amide bonds. The molecule has 1 aromatic carbocycles. The summed E-state index contributed by atoms with van der Waals surface area (Å²) in [6.45, 7) is 0. The van der Waals surface area contributed by atoms with Crippen molar-refractivity contribution in [3.05, 3.63) is 17.7 Å². The van der Waals surface area contributed by atoms with Crippen molar-refractivity contribution < 1.29 is 24.2 Å². The molecule has 0 radical (unpaired) electrons. The predicted octanol–water partition coefficient (Wildman–Crippen LogP) is 1.15. The van der Waals surface area contributed by atoms with Gasteiger partial charge in [-0.3, -0.25) is 0 Å². The van der Waals surface area contributed by atoms with Gasteiger partial charge in [0.1, 0.15) is 5.69 Å². The number of carbonyl (C=O) groups is 1. The lowest BCUT2D eigenvalue weighted by atomic mass is 10.1. The number of carbonyl (C=O) groups excluding carboxylic acids is 2. The van der Waals surface area contributed by atoms with Crippen molar-refractivity contribution in [2.45, 2.75) is 0 Å². The normalized spacial score (nSPS) is 9.12. The highest BCUT2D eigenvalue weighted by Crippen LogP contribution is 2.37. The Bertz CT molecular complexity index is 463. The summed E-state index contributed by atoms with van der Waals surface area (Å²) >= 11 is 0. The van der Waals surface area contributed by atoms with E-state index in [1.54, 1.807) is 0 Å². The van der Waals surface area contributed by atoms with Gasteiger partial charge in [-0.25, -0.2) is 9.59 Å². The fraction of sp³-hybridized carbons (Fsp3) is 0.200. The molecule has 0 heterocycles. The van der Waals surface area contributed by atoms with Crippen LogP contribution < -0.4 is 4.74 Å². The molecule has 0 unspecified atom stereocenters. The summed E-state index contributed by atoms with van der Waals surface area (Å²) in [5.41, 5.74) is 0.0147. The second-order valence-corrected chi connectivity index (χ2v) is 2.74. The average molecular weight is 223 g/mol. The highest BCUT2D eigenvalue weighted by Gasteiger charge is 2.14. The Kier molecular flexibility index (Phi) is 3.63. The lowest BCUT2D eigenvalue weighted by molar-refractivity contribution is 0.0600. The molecule has 0 spiro atoms. The highest BCUT2D eigenvalue weighted by molar-refractivity contribution is 5.92. The van der Waals surface area contributed by atoms with E-state index < -0.39 is 5.97 Å². The van der Waals surface area contributed by atoms with Crippen molar-refractivity contribution >= 4 is 17.7 Å². The third-order valence-electron chi connectivity index (χ3n) is 1.86. The Morgan fingerprint density at radius 3 is 2.62 bits per heavy atom. The van der Waals surface area contributed by atoms with Gasteiger partial charge >= 0.3 is 5.97 Å². The zero-order valence-corrected chi connectivity index (χ0v) is 8.68. The van der Waals surface area contributed by atoms with Crippen LogP contribution in [-0.2, 0) is 9.53 Å². The number of hydrogen-bond donors (Lipinski definition) is 1. The van der Waals surface area contributed by atoms with Gasteiger partial charge in [0.25, 0.3) is 0 Å².